The zero-order valence-electron chi connectivity index (χ0n) is 8.06. The van der Waals surface area contributed by atoms with E-state index in [1.807, 2.05) is 30.3 Å². The van der Waals surface area contributed by atoms with Crippen LogP contribution in [0.25, 0.3) is 0 Å². The van der Waals surface area contributed by atoms with Crippen molar-refractivity contribution in [1.82, 2.24) is 0 Å². The van der Waals surface area contributed by atoms with Crippen LogP contribution in [-0.4, -0.2) is 17.6 Å². The first-order valence-corrected chi connectivity index (χ1v) is 5.29. The molecule has 4 heteroatoms. The molecule has 1 rings (SSSR count). The molecule has 0 aliphatic carbocycles. The molecule has 80 valence electrons. The van der Waals surface area contributed by atoms with E-state index in [2.05, 4.69) is 22.5 Å². The molecule has 0 amide bonds. The minimum atomic E-state index is -0.462. The quantitative estimate of drug-likeness (QED) is 0.469. The fraction of sp³-hybridized carbons (Fsp3) is 0.182. The van der Waals surface area contributed by atoms with Gasteiger partial charge in [-0.3, -0.25) is 0 Å². The maximum absolute atomic E-state index is 10.8. The van der Waals surface area contributed by atoms with Crippen LogP contribution in [-0.2, 0) is 9.53 Å². The van der Waals surface area contributed by atoms with Gasteiger partial charge in [0.1, 0.15) is 12.4 Å². The SMILES string of the molecule is C=CC(=O)OCC(Br)Oc1ccccc1. The third kappa shape index (κ3) is 4.65. The number of esters is 1. The van der Waals surface area contributed by atoms with Gasteiger partial charge in [0, 0.05) is 6.08 Å². The molecule has 0 aliphatic rings. The Morgan fingerprint density at radius 2 is 2.13 bits per heavy atom. The number of para-hydroxylation sites is 1. The largest absolute Gasteiger partial charge is 0.476 e. The van der Waals surface area contributed by atoms with Crippen LogP contribution in [0.1, 0.15) is 0 Å². The minimum absolute atomic E-state index is 0.139. The van der Waals surface area contributed by atoms with Crippen LogP contribution in [0.15, 0.2) is 43.0 Å². The van der Waals surface area contributed by atoms with Gasteiger partial charge in [-0.1, -0.05) is 24.8 Å². The zero-order chi connectivity index (χ0) is 11.1. The van der Waals surface area contributed by atoms with Gasteiger partial charge in [-0.05, 0) is 28.1 Å². The van der Waals surface area contributed by atoms with Gasteiger partial charge in [0.15, 0.2) is 5.01 Å². The summed E-state index contributed by atoms with van der Waals surface area (Å²) in [6, 6.07) is 9.27. The summed E-state index contributed by atoms with van der Waals surface area (Å²) < 4.78 is 10.2. The topological polar surface area (TPSA) is 35.5 Å². The lowest BCUT2D eigenvalue weighted by atomic mass is 10.3. The van der Waals surface area contributed by atoms with Gasteiger partial charge in [-0.25, -0.2) is 4.79 Å². The fourth-order valence-corrected chi connectivity index (χ4v) is 1.24. The van der Waals surface area contributed by atoms with E-state index in [1.165, 1.54) is 0 Å². The van der Waals surface area contributed by atoms with Crippen molar-refractivity contribution in [3.8, 4) is 5.75 Å². The number of alkyl halides is 1. The van der Waals surface area contributed by atoms with Crippen LogP contribution >= 0.6 is 15.9 Å². The van der Waals surface area contributed by atoms with Crippen molar-refractivity contribution in [2.75, 3.05) is 6.61 Å². The Morgan fingerprint density at radius 1 is 1.47 bits per heavy atom. The molecule has 0 bridgehead atoms. The molecule has 15 heavy (non-hydrogen) atoms. The lowest BCUT2D eigenvalue weighted by Gasteiger charge is -2.12. The number of carbonyl (C=O) groups is 1. The van der Waals surface area contributed by atoms with E-state index in [0.29, 0.717) is 5.75 Å². The molecule has 0 spiro atoms. The highest BCUT2D eigenvalue weighted by Crippen LogP contribution is 2.13. The summed E-state index contributed by atoms with van der Waals surface area (Å²) >= 11 is 3.24. The standard InChI is InChI=1S/C11H11BrO3/c1-2-11(13)14-8-10(12)15-9-6-4-3-5-7-9/h2-7,10H,1,8H2. The molecule has 0 aromatic heterocycles. The summed E-state index contributed by atoms with van der Waals surface area (Å²) in [5.41, 5.74) is 0. The normalized spacial score (nSPS) is 11.5. The van der Waals surface area contributed by atoms with Crippen LogP contribution < -0.4 is 4.74 Å². The van der Waals surface area contributed by atoms with E-state index in [-0.39, 0.29) is 11.6 Å². The lowest BCUT2D eigenvalue weighted by Crippen LogP contribution is -2.17. The van der Waals surface area contributed by atoms with E-state index in [9.17, 15) is 4.79 Å². The third-order valence-electron chi connectivity index (χ3n) is 1.53. The number of ether oxygens (including phenoxy) is 2. The molecule has 0 saturated heterocycles. The van der Waals surface area contributed by atoms with E-state index < -0.39 is 5.97 Å². The second-order valence-corrected chi connectivity index (χ2v) is 3.70. The predicted octanol–water partition coefficient (Wildman–Crippen LogP) is 2.52. The molecule has 1 atom stereocenters. The van der Waals surface area contributed by atoms with Crippen molar-refractivity contribution in [1.29, 1.82) is 0 Å². The number of hydrogen-bond acceptors (Lipinski definition) is 3. The van der Waals surface area contributed by atoms with Gasteiger partial charge in [0.2, 0.25) is 0 Å². The van der Waals surface area contributed by atoms with E-state index in [0.717, 1.165) is 6.08 Å². The first-order chi connectivity index (χ1) is 7.22. The van der Waals surface area contributed by atoms with Crippen molar-refractivity contribution < 1.29 is 14.3 Å². The summed E-state index contributed by atoms with van der Waals surface area (Å²) in [6.07, 6.45) is 1.11. The lowest BCUT2D eigenvalue weighted by molar-refractivity contribution is -0.138. The Balaban J connectivity index is 2.33. The molecule has 0 aliphatic heterocycles. The first-order valence-electron chi connectivity index (χ1n) is 4.37. The number of carbonyl (C=O) groups excluding carboxylic acids is 1. The minimum Gasteiger partial charge on any atom is -0.476 e. The highest BCUT2D eigenvalue weighted by atomic mass is 79.9. The Labute approximate surface area is 96.8 Å². The third-order valence-corrected chi connectivity index (χ3v) is 1.98. The highest BCUT2D eigenvalue weighted by molar-refractivity contribution is 9.09. The van der Waals surface area contributed by atoms with Gasteiger partial charge in [-0.15, -0.1) is 0 Å². The molecule has 0 heterocycles. The second-order valence-electron chi connectivity index (χ2n) is 2.68. The number of rotatable bonds is 5. The average Bonchev–Trinajstić information content (AvgIpc) is 2.27. The van der Waals surface area contributed by atoms with Crippen LogP contribution in [0.5, 0.6) is 5.75 Å². The summed E-state index contributed by atoms with van der Waals surface area (Å²) in [4.78, 5) is 10.8. The van der Waals surface area contributed by atoms with Gasteiger partial charge in [0.05, 0.1) is 0 Å². The summed E-state index contributed by atoms with van der Waals surface area (Å²) in [5.74, 6) is 0.255. The van der Waals surface area contributed by atoms with Crippen molar-refractivity contribution in [3.63, 3.8) is 0 Å². The molecular formula is C11H11BrO3. The Hall–Kier alpha value is -1.29. The molecule has 0 fully saturated rings. The summed E-state index contributed by atoms with van der Waals surface area (Å²) in [7, 11) is 0. The average molecular weight is 271 g/mol. The maximum Gasteiger partial charge on any atom is 0.330 e. The van der Waals surface area contributed by atoms with E-state index in [1.54, 1.807) is 0 Å². The first kappa shape index (κ1) is 11.8. The van der Waals surface area contributed by atoms with Gasteiger partial charge in [0.25, 0.3) is 0 Å². The molecular weight excluding hydrogens is 260 g/mol. The van der Waals surface area contributed by atoms with Gasteiger partial charge < -0.3 is 9.47 Å². The van der Waals surface area contributed by atoms with E-state index in [4.69, 9.17) is 9.47 Å². The maximum atomic E-state index is 10.8. The fourth-order valence-electron chi connectivity index (χ4n) is 0.887. The van der Waals surface area contributed by atoms with Crippen molar-refractivity contribution in [2.45, 2.75) is 5.01 Å². The Bertz CT molecular complexity index is 324. The molecule has 1 unspecified atom stereocenters. The van der Waals surface area contributed by atoms with Crippen LogP contribution in [0.3, 0.4) is 0 Å². The van der Waals surface area contributed by atoms with Crippen LogP contribution in [0.4, 0.5) is 0 Å². The summed E-state index contributed by atoms with van der Waals surface area (Å²) in [5, 5.41) is -0.358. The molecule has 0 saturated carbocycles. The number of hydrogen-bond donors (Lipinski definition) is 0. The monoisotopic (exact) mass is 270 g/mol. The van der Waals surface area contributed by atoms with Crippen molar-refractivity contribution >= 4 is 21.9 Å². The molecule has 3 nitrogen and oxygen atoms in total. The molecule has 0 radical (unpaired) electrons. The van der Waals surface area contributed by atoms with Gasteiger partial charge in [-0.2, -0.15) is 0 Å². The van der Waals surface area contributed by atoms with E-state index >= 15 is 0 Å². The molecule has 1 aromatic carbocycles. The highest BCUT2D eigenvalue weighted by Gasteiger charge is 2.07. The second kappa shape index (κ2) is 6.24. The smallest absolute Gasteiger partial charge is 0.330 e. The Kier molecular flexibility index (Phi) is 4.90. The number of halogens is 1. The van der Waals surface area contributed by atoms with Crippen molar-refractivity contribution in [2.24, 2.45) is 0 Å². The van der Waals surface area contributed by atoms with Gasteiger partial charge >= 0.3 is 5.97 Å². The number of benzene rings is 1. The van der Waals surface area contributed by atoms with Crippen LogP contribution in [0.2, 0.25) is 0 Å². The van der Waals surface area contributed by atoms with Crippen LogP contribution in [0, 0.1) is 0 Å². The molecule has 0 N–H and O–H groups in total. The predicted molar refractivity (Wildman–Crippen MR) is 60.9 cm³/mol. The molecule has 1 aromatic rings. The zero-order valence-corrected chi connectivity index (χ0v) is 9.64. The Morgan fingerprint density at radius 3 is 2.73 bits per heavy atom. The summed E-state index contributed by atoms with van der Waals surface area (Å²) in [6.45, 7) is 3.43. The van der Waals surface area contributed by atoms with Crippen molar-refractivity contribution in [3.05, 3.63) is 43.0 Å².